The molecule has 63 heavy (non-hydrogen) atoms. The lowest BCUT2D eigenvalue weighted by atomic mass is 9.98. The molecule has 1 rings (SSSR count). The van der Waals surface area contributed by atoms with E-state index in [9.17, 15) is 40.5 Å². The average Bonchev–Trinajstić information content (AvgIpc) is 3.28. The normalized spacial score (nSPS) is 21.3. The van der Waals surface area contributed by atoms with E-state index < -0.39 is 74.2 Å². The van der Waals surface area contributed by atoms with Crippen molar-refractivity contribution in [2.45, 2.75) is 287 Å². The summed E-state index contributed by atoms with van der Waals surface area (Å²) in [4.78, 5) is 13.1. The number of carbonyl (C=O) groups is 1. The van der Waals surface area contributed by atoms with Crippen LogP contribution in [0.25, 0.3) is 0 Å². The zero-order valence-electron chi connectivity index (χ0n) is 40.3. The van der Waals surface area contributed by atoms with Crippen LogP contribution in [-0.4, -0.2) is 110 Å². The van der Waals surface area contributed by atoms with Gasteiger partial charge in [0.2, 0.25) is 5.91 Å². The van der Waals surface area contributed by atoms with Gasteiger partial charge in [-0.1, -0.05) is 205 Å². The molecule has 9 unspecified atom stereocenters. The minimum Gasteiger partial charge on any atom is -0.394 e. The summed E-state index contributed by atoms with van der Waals surface area (Å²) in [5, 5.41) is 75.8. The maximum Gasteiger partial charge on any atom is 0.249 e. The molecule has 0 aromatic heterocycles. The molecule has 1 amide bonds. The van der Waals surface area contributed by atoms with Crippen LogP contribution in [0.1, 0.15) is 232 Å². The summed E-state index contributed by atoms with van der Waals surface area (Å²) in [7, 11) is 0. The van der Waals surface area contributed by atoms with Crippen LogP contribution in [0, 0.1) is 0 Å². The van der Waals surface area contributed by atoms with Gasteiger partial charge in [0.1, 0.15) is 36.6 Å². The van der Waals surface area contributed by atoms with Gasteiger partial charge in [0.05, 0.1) is 25.4 Å². The summed E-state index contributed by atoms with van der Waals surface area (Å²) in [6.45, 7) is 3.43. The molecule has 0 aromatic carbocycles. The first-order valence-electron chi connectivity index (χ1n) is 26.2. The molecule has 11 heteroatoms. The van der Waals surface area contributed by atoms with E-state index in [1.807, 2.05) is 0 Å². The van der Waals surface area contributed by atoms with Crippen LogP contribution in [0.15, 0.2) is 24.3 Å². The molecule has 9 atom stereocenters. The molecule has 1 aliphatic rings. The highest BCUT2D eigenvalue weighted by Gasteiger charge is 2.44. The largest absolute Gasteiger partial charge is 0.394 e. The predicted molar refractivity (Wildman–Crippen MR) is 256 cm³/mol. The molecule has 0 bridgehead atoms. The Kier molecular flexibility index (Phi) is 39.7. The molecule has 0 aromatic rings. The van der Waals surface area contributed by atoms with Crippen LogP contribution in [0.3, 0.4) is 0 Å². The van der Waals surface area contributed by atoms with E-state index in [2.05, 4.69) is 43.5 Å². The highest BCUT2D eigenvalue weighted by molar-refractivity contribution is 5.80. The molecule has 372 valence electrons. The Hall–Kier alpha value is -1.41. The van der Waals surface area contributed by atoms with Gasteiger partial charge in [0.15, 0.2) is 6.29 Å². The van der Waals surface area contributed by atoms with Crippen LogP contribution in [0.2, 0.25) is 0 Å². The zero-order chi connectivity index (χ0) is 46.2. The third-order valence-electron chi connectivity index (χ3n) is 12.7. The Bertz CT molecular complexity index is 1080. The molecule has 0 saturated carbocycles. The number of nitrogens with one attached hydrogen (secondary N) is 1. The molecule has 1 heterocycles. The van der Waals surface area contributed by atoms with E-state index in [4.69, 9.17) is 9.47 Å². The van der Waals surface area contributed by atoms with E-state index in [1.165, 1.54) is 148 Å². The number of hydrogen-bond donors (Lipinski definition) is 8. The van der Waals surface area contributed by atoms with Crippen LogP contribution in [0.4, 0.5) is 0 Å². The first kappa shape index (κ1) is 59.6. The smallest absolute Gasteiger partial charge is 0.249 e. The molecule has 8 N–H and O–H groups in total. The lowest BCUT2D eigenvalue weighted by Crippen LogP contribution is -2.60. The molecule has 0 aliphatic carbocycles. The topological polar surface area (TPSA) is 189 Å². The highest BCUT2D eigenvalue weighted by Crippen LogP contribution is 2.23. The van der Waals surface area contributed by atoms with Crippen LogP contribution < -0.4 is 5.32 Å². The van der Waals surface area contributed by atoms with Gasteiger partial charge in [0.25, 0.3) is 0 Å². The predicted octanol–water partition coefficient (Wildman–Crippen LogP) is 9.79. The van der Waals surface area contributed by atoms with Crippen molar-refractivity contribution in [1.29, 1.82) is 0 Å². The van der Waals surface area contributed by atoms with Gasteiger partial charge in [0, 0.05) is 0 Å². The highest BCUT2D eigenvalue weighted by atomic mass is 16.7. The van der Waals surface area contributed by atoms with Gasteiger partial charge in [-0.25, -0.2) is 0 Å². The molecule has 0 spiro atoms. The molecule has 0 radical (unpaired) electrons. The zero-order valence-corrected chi connectivity index (χ0v) is 40.3. The summed E-state index contributed by atoms with van der Waals surface area (Å²) in [6.07, 6.45) is 36.6. The summed E-state index contributed by atoms with van der Waals surface area (Å²) >= 11 is 0. The number of carbonyl (C=O) groups excluding carboxylic acids is 1. The van der Waals surface area contributed by atoms with E-state index in [1.54, 1.807) is 0 Å². The van der Waals surface area contributed by atoms with Gasteiger partial charge in [-0.2, -0.15) is 0 Å². The molecule has 11 nitrogen and oxygen atoms in total. The number of aliphatic hydroxyl groups is 7. The van der Waals surface area contributed by atoms with Crippen LogP contribution >= 0.6 is 0 Å². The summed E-state index contributed by atoms with van der Waals surface area (Å²) in [5.41, 5.74) is 0. The van der Waals surface area contributed by atoms with Crippen molar-refractivity contribution in [2.24, 2.45) is 0 Å². The molecule has 1 aliphatic heterocycles. The van der Waals surface area contributed by atoms with Crippen molar-refractivity contribution in [3.05, 3.63) is 24.3 Å². The lowest BCUT2D eigenvalue weighted by molar-refractivity contribution is -0.303. The molecule has 1 fully saturated rings. The first-order chi connectivity index (χ1) is 30.7. The summed E-state index contributed by atoms with van der Waals surface area (Å²) in [5.74, 6) is -0.708. The fraction of sp³-hybridized carbons (Fsp3) is 0.904. The standard InChI is InChI=1S/C52H99NO10/c1-3-5-7-9-11-13-15-17-19-20-21-22-23-24-26-28-30-32-34-36-38-40-45(56)51(61)53-43(42-62-52-50(60)49(59)48(58)46(41-54)63-52)47(57)44(55)39-37-35-33-31-29-27-25-18-16-14-12-10-8-6-4-2/h18,25,31,33,43-50,52,54-60H,3-17,19-24,26-30,32,34-42H2,1-2H3,(H,53,61)/b25-18+,33-31+. The van der Waals surface area contributed by atoms with Gasteiger partial charge in [-0.3, -0.25) is 4.79 Å². The number of aliphatic hydroxyl groups excluding tert-OH is 7. The van der Waals surface area contributed by atoms with E-state index >= 15 is 0 Å². The Morgan fingerprint density at radius 3 is 1.41 bits per heavy atom. The molecule has 1 saturated heterocycles. The Labute approximate surface area is 384 Å². The number of ether oxygens (including phenoxy) is 2. The van der Waals surface area contributed by atoms with Gasteiger partial charge < -0.3 is 50.5 Å². The van der Waals surface area contributed by atoms with Crippen molar-refractivity contribution < 1.29 is 50.0 Å². The molecular weight excluding hydrogens is 799 g/mol. The fourth-order valence-electron chi connectivity index (χ4n) is 8.40. The minimum atomic E-state index is -1.67. The van der Waals surface area contributed by atoms with Crippen molar-refractivity contribution >= 4 is 5.91 Å². The second-order valence-electron chi connectivity index (χ2n) is 18.6. The summed E-state index contributed by atoms with van der Waals surface area (Å²) in [6, 6.07) is -1.19. The first-order valence-corrected chi connectivity index (χ1v) is 26.2. The maximum absolute atomic E-state index is 13.1. The van der Waals surface area contributed by atoms with Gasteiger partial charge in [-0.15, -0.1) is 0 Å². The van der Waals surface area contributed by atoms with E-state index in [0.29, 0.717) is 19.3 Å². The number of hydrogen-bond acceptors (Lipinski definition) is 10. The molecular formula is C52H99NO10. The van der Waals surface area contributed by atoms with E-state index in [0.717, 1.165) is 38.5 Å². The van der Waals surface area contributed by atoms with E-state index in [-0.39, 0.29) is 12.8 Å². The number of amides is 1. The van der Waals surface area contributed by atoms with Gasteiger partial charge in [-0.05, 0) is 51.4 Å². The number of rotatable bonds is 44. The number of allylic oxidation sites excluding steroid dienone is 4. The van der Waals surface area contributed by atoms with Crippen molar-refractivity contribution in [3.63, 3.8) is 0 Å². The Balaban J connectivity index is 2.38. The Morgan fingerprint density at radius 2 is 0.952 bits per heavy atom. The third-order valence-corrected chi connectivity index (χ3v) is 12.7. The Morgan fingerprint density at radius 1 is 0.540 bits per heavy atom. The fourth-order valence-corrected chi connectivity index (χ4v) is 8.40. The lowest BCUT2D eigenvalue weighted by Gasteiger charge is -2.40. The quantitative estimate of drug-likeness (QED) is 0.0216. The summed E-state index contributed by atoms with van der Waals surface area (Å²) < 4.78 is 11.1. The van der Waals surface area contributed by atoms with Crippen LogP contribution in [0.5, 0.6) is 0 Å². The number of unbranched alkanes of at least 4 members (excludes halogenated alkanes) is 28. The second-order valence-corrected chi connectivity index (χ2v) is 18.6. The van der Waals surface area contributed by atoms with Crippen molar-refractivity contribution in [3.8, 4) is 0 Å². The monoisotopic (exact) mass is 898 g/mol. The van der Waals surface area contributed by atoms with Crippen LogP contribution in [-0.2, 0) is 14.3 Å². The third kappa shape index (κ3) is 31.2. The SMILES string of the molecule is CCCCCCCC/C=C/CC/C=C/CCCC(O)C(O)C(COC1OC(CO)C(O)C(O)C1O)NC(=O)C(O)CCCCCCCCCCCCCCCCCCCCCCC. The van der Waals surface area contributed by atoms with Gasteiger partial charge >= 0.3 is 0 Å². The minimum absolute atomic E-state index is 0.248. The second kappa shape index (κ2) is 42.0. The van der Waals surface area contributed by atoms with Crippen molar-refractivity contribution in [1.82, 2.24) is 5.32 Å². The van der Waals surface area contributed by atoms with Crippen molar-refractivity contribution in [2.75, 3.05) is 13.2 Å². The maximum atomic E-state index is 13.1. The average molecular weight is 898 g/mol.